The number of hydrogen-bond donors (Lipinski definition) is 3. The first-order valence-electron chi connectivity index (χ1n) is 7.74. The van der Waals surface area contributed by atoms with Gasteiger partial charge in [0, 0.05) is 25.3 Å². The van der Waals surface area contributed by atoms with E-state index < -0.39 is 0 Å². The first-order chi connectivity index (χ1) is 11.1. The van der Waals surface area contributed by atoms with Crippen LogP contribution in [0.3, 0.4) is 0 Å². The molecule has 0 saturated carbocycles. The van der Waals surface area contributed by atoms with Crippen LogP contribution in [0, 0.1) is 0 Å². The van der Waals surface area contributed by atoms with Gasteiger partial charge in [-0.1, -0.05) is 0 Å². The summed E-state index contributed by atoms with van der Waals surface area (Å²) in [5.74, 6) is 0.0793. The van der Waals surface area contributed by atoms with Gasteiger partial charge in [0.2, 0.25) is 11.8 Å². The first kappa shape index (κ1) is 17.0. The van der Waals surface area contributed by atoms with Gasteiger partial charge in [-0.2, -0.15) is 0 Å². The highest BCUT2D eigenvalue weighted by Gasteiger charge is 2.21. The fraction of sp³-hybridized carbons (Fsp3) is 0.533. The van der Waals surface area contributed by atoms with Crippen LogP contribution in [0.2, 0.25) is 0 Å². The molecule has 23 heavy (non-hydrogen) atoms. The second-order valence-electron chi connectivity index (χ2n) is 5.40. The van der Waals surface area contributed by atoms with Crippen molar-refractivity contribution in [1.82, 2.24) is 15.2 Å². The Hall–Kier alpha value is -2.35. The standard InChI is InChI=1S/C15H23N5O3/c1-2-23-14-12(4-3-7-17-14)19-15(22)18-11-5-8-20(9-6-11)10-13(16)21/h3-4,7,11H,2,5-6,8-10H2,1H3,(H2,16,21)(H2,18,19,22). The summed E-state index contributed by atoms with van der Waals surface area (Å²) in [5.41, 5.74) is 5.73. The van der Waals surface area contributed by atoms with Gasteiger partial charge in [0.05, 0.1) is 13.2 Å². The van der Waals surface area contributed by atoms with Crippen molar-refractivity contribution in [2.45, 2.75) is 25.8 Å². The van der Waals surface area contributed by atoms with Crippen molar-refractivity contribution in [3.8, 4) is 5.88 Å². The molecule has 1 aliphatic rings. The van der Waals surface area contributed by atoms with Crippen LogP contribution < -0.4 is 21.1 Å². The predicted molar refractivity (Wildman–Crippen MR) is 86.2 cm³/mol. The van der Waals surface area contributed by atoms with Crippen molar-refractivity contribution in [1.29, 1.82) is 0 Å². The summed E-state index contributed by atoms with van der Waals surface area (Å²) in [6, 6.07) is 3.27. The molecule has 4 N–H and O–H groups in total. The van der Waals surface area contributed by atoms with Gasteiger partial charge in [0.1, 0.15) is 5.69 Å². The van der Waals surface area contributed by atoms with Gasteiger partial charge in [0.25, 0.3) is 0 Å². The molecule has 0 unspecified atom stereocenters. The van der Waals surface area contributed by atoms with Crippen molar-refractivity contribution >= 4 is 17.6 Å². The maximum Gasteiger partial charge on any atom is 0.319 e. The lowest BCUT2D eigenvalue weighted by molar-refractivity contribution is -0.119. The third-order valence-corrected chi connectivity index (χ3v) is 3.60. The highest BCUT2D eigenvalue weighted by atomic mass is 16.5. The monoisotopic (exact) mass is 321 g/mol. The minimum atomic E-state index is -0.325. The number of nitrogens with zero attached hydrogens (tertiary/aromatic N) is 2. The average Bonchev–Trinajstić information content (AvgIpc) is 2.51. The largest absolute Gasteiger partial charge is 0.476 e. The van der Waals surface area contributed by atoms with E-state index in [1.54, 1.807) is 18.3 Å². The molecule has 1 aromatic heterocycles. The molecule has 8 heteroatoms. The van der Waals surface area contributed by atoms with Gasteiger partial charge in [-0.05, 0) is 31.9 Å². The molecule has 1 aliphatic heterocycles. The lowest BCUT2D eigenvalue weighted by Crippen LogP contribution is -2.47. The van der Waals surface area contributed by atoms with E-state index in [1.165, 1.54) is 0 Å². The normalized spacial score (nSPS) is 15.9. The number of ether oxygens (including phenoxy) is 1. The molecule has 8 nitrogen and oxygen atoms in total. The fourth-order valence-corrected chi connectivity index (χ4v) is 2.54. The Balaban J connectivity index is 1.81. The number of likely N-dealkylation sites (tertiary alicyclic amines) is 1. The first-order valence-corrected chi connectivity index (χ1v) is 7.74. The number of primary amides is 1. The minimum Gasteiger partial charge on any atom is -0.476 e. The number of carbonyl (C=O) groups is 2. The van der Waals surface area contributed by atoms with Gasteiger partial charge < -0.3 is 21.1 Å². The molecule has 1 saturated heterocycles. The van der Waals surface area contributed by atoms with Crippen molar-refractivity contribution in [2.24, 2.45) is 5.73 Å². The molecule has 0 atom stereocenters. The van der Waals surface area contributed by atoms with E-state index in [9.17, 15) is 9.59 Å². The van der Waals surface area contributed by atoms with E-state index in [-0.39, 0.29) is 24.5 Å². The van der Waals surface area contributed by atoms with Gasteiger partial charge in [-0.15, -0.1) is 0 Å². The third kappa shape index (κ3) is 5.41. The van der Waals surface area contributed by atoms with E-state index in [0.717, 1.165) is 25.9 Å². The van der Waals surface area contributed by atoms with E-state index in [0.29, 0.717) is 18.2 Å². The summed E-state index contributed by atoms with van der Waals surface area (Å²) in [6.07, 6.45) is 3.18. The quantitative estimate of drug-likeness (QED) is 0.709. The van der Waals surface area contributed by atoms with Crippen LogP contribution in [0.25, 0.3) is 0 Å². The number of aromatic nitrogens is 1. The number of rotatable bonds is 6. The molecule has 0 aromatic carbocycles. The van der Waals surface area contributed by atoms with E-state index >= 15 is 0 Å². The number of nitrogens with one attached hydrogen (secondary N) is 2. The lowest BCUT2D eigenvalue weighted by Gasteiger charge is -2.31. The molecule has 0 radical (unpaired) electrons. The maximum absolute atomic E-state index is 12.1. The number of piperidine rings is 1. The number of anilines is 1. The topological polar surface area (TPSA) is 110 Å². The summed E-state index contributed by atoms with van der Waals surface area (Å²) in [7, 11) is 0. The minimum absolute atomic E-state index is 0.0753. The predicted octanol–water partition coefficient (Wildman–Crippen LogP) is 0.552. The molecule has 1 aromatic rings. The number of nitrogens with two attached hydrogens (primary N) is 1. The Kier molecular flexibility index (Phi) is 6.16. The lowest BCUT2D eigenvalue weighted by atomic mass is 10.1. The summed E-state index contributed by atoms with van der Waals surface area (Å²) < 4.78 is 5.37. The zero-order chi connectivity index (χ0) is 16.7. The van der Waals surface area contributed by atoms with Crippen molar-refractivity contribution in [3.05, 3.63) is 18.3 Å². The van der Waals surface area contributed by atoms with Crippen LogP contribution in [0.15, 0.2) is 18.3 Å². The molecule has 0 spiro atoms. The van der Waals surface area contributed by atoms with Gasteiger partial charge in [0.15, 0.2) is 0 Å². The second kappa shape index (κ2) is 8.33. The zero-order valence-corrected chi connectivity index (χ0v) is 13.2. The number of urea groups is 1. The van der Waals surface area contributed by atoms with Gasteiger partial charge in [-0.25, -0.2) is 9.78 Å². The zero-order valence-electron chi connectivity index (χ0n) is 13.2. The summed E-state index contributed by atoms with van der Waals surface area (Å²) in [4.78, 5) is 29.1. The molecule has 0 aliphatic carbocycles. The number of carbonyl (C=O) groups excluding carboxylic acids is 2. The molecule has 2 heterocycles. The van der Waals surface area contributed by atoms with Crippen LogP contribution >= 0.6 is 0 Å². The SMILES string of the molecule is CCOc1ncccc1NC(=O)NC1CCN(CC(N)=O)CC1. The second-order valence-corrected chi connectivity index (χ2v) is 5.40. The molecular formula is C15H23N5O3. The molecule has 0 bridgehead atoms. The Morgan fingerprint density at radius 2 is 2.17 bits per heavy atom. The summed E-state index contributed by atoms with van der Waals surface area (Å²) >= 11 is 0. The molecule has 126 valence electrons. The molecule has 3 amide bonds. The highest BCUT2D eigenvalue weighted by molar-refractivity contribution is 5.90. The van der Waals surface area contributed by atoms with Crippen LogP contribution in [0.4, 0.5) is 10.5 Å². The maximum atomic E-state index is 12.1. The van der Waals surface area contributed by atoms with Crippen molar-refractivity contribution in [3.63, 3.8) is 0 Å². The van der Waals surface area contributed by atoms with Crippen LogP contribution in [-0.2, 0) is 4.79 Å². The number of amides is 3. The fourth-order valence-electron chi connectivity index (χ4n) is 2.54. The Bertz CT molecular complexity index is 544. The molecule has 1 fully saturated rings. The number of pyridine rings is 1. The Labute approximate surface area is 135 Å². The average molecular weight is 321 g/mol. The van der Waals surface area contributed by atoms with Crippen LogP contribution in [-0.4, -0.2) is 54.1 Å². The van der Waals surface area contributed by atoms with E-state index in [1.807, 2.05) is 11.8 Å². The summed E-state index contributed by atoms with van der Waals surface area (Å²) in [5, 5.41) is 5.70. The van der Waals surface area contributed by atoms with Crippen molar-refractivity contribution in [2.75, 3.05) is 31.6 Å². The third-order valence-electron chi connectivity index (χ3n) is 3.60. The van der Waals surface area contributed by atoms with Crippen LogP contribution in [0.1, 0.15) is 19.8 Å². The van der Waals surface area contributed by atoms with Crippen LogP contribution in [0.5, 0.6) is 5.88 Å². The smallest absolute Gasteiger partial charge is 0.319 e. The molecule has 2 rings (SSSR count). The summed E-state index contributed by atoms with van der Waals surface area (Å²) in [6.45, 7) is 4.09. The highest BCUT2D eigenvalue weighted by Crippen LogP contribution is 2.20. The van der Waals surface area contributed by atoms with E-state index in [2.05, 4.69) is 15.6 Å². The van der Waals surface area contributed by atoms with E-state index in [4.69, 9.17) is 10.5 Å². The number of hydrogen-bond acceptors (Lipinski definition) is 5. The van der Waals surface area contributed by atoms with Gasteiger partial charge in [-0.3, -0.25) is 9.69 Å². The van der Waals surface area contributed by atoms with Crippen molar-refractivity contribution < 1.29 is 14.3 Å². The Morgan fingerprint density at radius 3 is 2.83 bits per heavy atom. The van der Waals surface area contributed by atoms with Gasteiger partial charge >= 0.3 is 6.03 Å². The Morgan fingerprint density at radius 1 is 1.43 bits per heavy atom. The molecular weight excluding hydrogens is 298 g/mol.